The minimum atomic E-state index is -0.843. The number of carbonyl (C=O) groups excluding carboxylic acids is 3. The lowest BCUT2D eigenvalue weighted by molar-refractivity contribution is -0.153. The van der Waals surface area contributed by atoms with E-state index in [1.54, 1.807) is 11.8 Å². The highest BCUT2D eigenvalue weighted by Gasteiger charge is 2.71. The summed E-state index contributed by atoms with van der Waals surface area (Å²) in [4.78, 5) is 43.5. The number of rotatable bonds is 3. The van der Waals surface area contributed by atoms with Gasteiger partial charge in [0.1, 0.15) is 6.04 Å². The van der Waals surface area contributed by atoms with Crippen molar-refractivity contribution in [1.29, 1.82) is 0 Å². The van der Waals surface area contributed by atoms with E-state index >= 15 is 0 Å². The molecule has 1 N–H and O–H groups in total. The highest BCUT2D eigenvalue weighted by Crippen LogP contribution is 2.61. The number of cyclic esters (lactones) is 1. The molecule has 0 aliphatic carbocycles. The number of likely N-dealkylation sites (tertiary alicyclic amines) is 1. The predicted octanol–water partition coefficient (Wildman–Crippen LogP) is 0.974. The second-order valence-electron chi connectivity index (χ2n) is 8.49. The normalized spacial score (nSPS) is 37.6. The summed E-state index contributed by atoms with van der Waals surface area (Å²) >= 11 is 1.52. The number of ether oxygens (including phenoxy) is 1. The SMILES string of the molecule is CC(C)N1CC=C[C@]23S[C@@H]4C=CCCOC(=O)[C@@H]4[C@H]2C(=O)N([C@H](C)CO)C3C1=O. The van der Waals surface area contributed by atoms with Crippen LogP contribution in [0.3, 0.4) is 0 Å². The molecule has 4 aliphatic heterocycles. The van der Waals surface area contributed by atoms with Crippen LogP contribution in [-0.2, 0) is 19.1 Å². The van der Waals surface area contributed by atoms with Gasteiger partial charge in [0.2, 0.25) is 11.8 Å². The number of amides is 2. The molecule has 7 nitrogen and oxygen atoms in total. The number of carbonyl (C=O) groups is 3. The lowest BCUT2D eigenvalue weighted by Gasteiger charge is -2.38. The van der Waals surface area contributed by atoms with Crippen molar-refractivity contribution in [2.75, 3.05) is 19.8 Å². The topological polar surface area (TPSA) is 87.2 Å². The van der Waals surface area contributed by atoms with Crippen LogP contribution in [0.2, 0.25) is 0 Å². The Morgan fingerprint density at radius 1 is 1.24 bits per heavy atom. The molecule has 0 aromatic carbocycles. The Bertz CT molecular complexity index is 781. The third-order valence-corrected chi connectivity index (χ3v) is 8.20. The number of aliphatic hydroxyl groups excluding tert-OH is 1. The van der Waals surface area contributed by atoms with Gasteiger partial charge in [0.25, 0.3) is 0 Å². The fourth-order valence-electron chi connectivity index (χ4n) is 5.09. The summed E-state index contributed by atoms with van der Waals surface area (Å²) in [6.45, 7) is 6.17. The summed E-state index contributed by atoms with van der Waals surface area (Å²) in [5.74, 6) is -2.05. The third-order valence-electron chi connectivity index (χ3n) is 6.45. The molecule has 4 heterocycles. The lowest BCUT2D eigenvalue weighted by atomic mass is 9.78. The summed E-state index contributed by atoms with van der Waals surface area (Å²) in [5, 5.41) is 9.60. The zero-order valence-corrected chi connectivity index (χ0v) is 17.8. The van der Waals surface area contributed by atoms with E-state index in [1.165, 1.54) is 16.7 Å². The van der Waals surface area contributed by atoms with Gasteiger partial charge in [0.15, 0.2) is 0 Å². The summed E-state index contributed by atoms with van der Waals surface area (Å²) < 4.78 is 4.58. The molecule has 0 bridgehead atoms. The van der Waals surface area contributed by atoms with Gasteiger partial charge in [0, 0.05) is 17.8 Å². The molecule has 29 heavy (non-hydrogen) atoms. The van der Waals surface area contributed by atoms with Crippen molar-refractivity contribution >= 4 is 29.5 Å². The van der Waals surface area contributed by atoms with Crippen molar-refractivity contribution in [3.05, 3.63) is 24.3 Å². The van der Waals surface area contributed by atoms with E-state index in [9.17, 15) is 19.5 Å². The highest BCUT2D eigenvalue weighted by molar-refractivity contribution is 8.02. The number of aliphatic hydroxyl groups is 1. The Balaban J connectivity index is 1.87. The first kappa shape index (κ1) is 20.5. The van der Waals surface area contributed by atoms with Crippen molar-refractivity contribution in [2.45, 2.75) is 55.3 Å². The summed E-state index contributed by atoms with van der Waals surface area (Å²) in [6, 6.07) is -1.28. The van der Waals surface area contributed by atoms with E-state index in [4.69, 9.17) is 4.74 Å². The van der Waals surface area contributed by atoms with Crippen molar-refractivity contribution in [3.63, 3.8) is 0 Å². The maximum Gasteiger partial charge on any atom is 0.311 e. The van der Waals surface area contributed by atoms with Gasteiger partial charge in [-0.2, -0.15) is 0 Å². The highest BCUT2D eigenvalue weighted by atomic mass is 32.2. The van der Waals surface area contributed by atoms with Gasteiger partial charge in [-0.05, 0) is 27.2 Å². The smallest absolute Gasteiger partial charge is 0.311 e. The van der Waals surface area contributed by atoms with Crippen LogP contribution >= 0.6 is 11.8 Å². The molecule has 1 spiro atoms. The largest absolute Gasteiger partial charge is 0.465 e. The molecular weight excluding hydrogens is 392 g/mol. The second kappa shape index (κ2) is 7.47. The minimum absolute atomic E-state index is 0.0207. The molecule has 4 aliphatic rings. The molecule has 0 aromatic rings. The minimum Gasteiger partial charge on any atom is -0.465 e. The van der Waals surface area contributed by atoms with Crippen molar-refractivity contribution in [1.82, 2.24) is 9.80 Å². The van der Waals surface area contributed by atoms with Gasteiger partial charge in [0.05, 0.1) is 35.8 Å². The van der Waals surface area contributed by atoms with E-state index in [1.807, 2.05) is 38.2 Å². The van der Waals surface area contributed by atoms with Gasteiger partial charge in [-0.15, -0.1) is 11.8 Å². The number of thioether (sulfide) groups is 1. The number of hydrogen-bond acceptors (Lipinski definition) is 6. The van der Waals surface area contributed by atoms with E-state index < -0.39 is 28.7 Å². The molecule has 0 aromatic heterocycles. The Morgan fingerprint density at radius 2 is 2.00 bits per heavy atom. The fraction of sp³-hybridized carbons (Fsp3) is 0.667. The van der Waals surface area contributed by atoms with Crippen molar-refractivity contribution in [3.8, 4) is 0 Å². The monoisotopic (exact) mass is 420 g/mol. The molecule has 2 fully saturated rings. The van der Waals surface area contributed by atoms with Crippen LogP contribution in [0.5, 0.6) is 0 Å². The first-order valence-electron chi connectivity index (χ1n) is 10.3. The summed E-state index contributed by atoms with van der Waals surface area (Å²) in [6.07, 6.45) is 8.56. The molecule has 6 atom stereocenters. The Hall–Kier alpha value is -1.80. The van der Waals surface area contributed by atoms with Gasteiger partial charge < -0.3 is 19.6 Å². The molecular formula is C21H28N2O5S. The van der Waals surface area contributed by atoms with Gasteiger partial charge in [-0.25, -0.2) is 0 Å². The van der Waals surface area contributed by atoms with Crippen LogP contribution in [0.1, 0.15) is 27.2 Å². The van der Waals surface area contributed by atoms with Crippen molar-refractivity contribution < 1.29 is 24.2 Å². The quantitative estimate of drug-likeness (QED) is 0.541. The number of fused-ring (bicyclic) bond motifs is 2. The molecule has 1 unspecified atom stereocenters. The van der Waals surface area contributed by atoms with E-state index in [0.29, 0.717) is 19.6 Å². The van der Waals surface area contributed by atoms with Crippen LogP contribution in [0.4, 0.5) is 0 Å². The molecule has 158 valence electrons. The van der Waals surface area contributed by atoms with Crippen LogP contribution in [-0.4, -0.2) is 80.6 Å². The lowest BCUT2D eigenvalue weighted by Crippen LogP contribution is -2.57. The molecule has 0 saturated carbocycles. The average molecular weight is 421 g/mol. The molecule has 4 rings (SSSR count). The van der Waals surface area contributed by atoms with Gasteiger partial charge in [-0.1, -0.05) is 24.3 Å². The van der Waals surface area contributed by atoms with E-state index in [0.717, 1.165) is 0 Å². The van der Waals surface area contributed by atoms with Crippen LogP contribution in [0.15, 0.2) is 24.3 Å². The molecule has 2 saturated heterocycles. The molecule has 8 heteroatoms. The Kier molecular flexibility index (Phi) is 5.27. The van der Waals surface area contributed by atoms with Gasteiger partial charge in [-0.3, -0.25) is 14.4 Å². The van der Waals surface area contributed by atoms with Crippen LogP contribution in [0, 0.1) is 11.8 Å². The fourth-order valence-corrected chi connectivity index (χ4v) is 7.08. The first-order chi connectivity index (χ1) is 13.8. The standard InChI is InChI=1S/C21H28N2O5S/c1-12(2)22-9-6-8-21-16(15-14(29-21)7-4-5-10-28-20(15)27)18(25)23(13(3)11-24)17(21)19(22)26/h4,6-8,12-17,24H,5,9-11H2,1-3H3/t13-,14-,15+,16+,17?,21+/m1/s1. The van der Waals surface area contributed by atoms with Gasteiger partial charge >= 0.3 is 5.97 Å². The zero-order chi connectivity index (χ0) is 20.9. The Morgan fingerprint density at radius 3 is 2.69 bits per heavy atom. The molecule has 0 radical (unpaired) electrons. The van der Waals surface area contributed by atoms with Crippen LogP contribution in [0.25, 0.3) is 0 Å². The van der Waals surface area contributed by atoms with Crippen molar-refractivity contribution in [2.24, 2.45) is 11.8 Å². The summed E-state index contributed by atoms with van der Waals surface area (Å²) in [5.41, 5.74) is 0. The second-order valence-corrected chi connectivity index (χ2v) is 9.98. The number of esters is 1. The summed E-state index contributed by atoms with van der Waals surface area (Å²) in [7, 11) is 0. The maximum atomic E-state index is 13.7. The maximum absolute atomic E-state index is 13.7. The Labute approximate surface area is 175 Å². The van der Waals surface area contributed by atoms with E-state index in [2.05, 4.69) is 0 Å². The molecule has 2 amide bonds. The first-order valence-corrected chi connectivity index (χ1v) is 11.1. The predicted molar refractivity (Wildman–Crippen MR) is 109 cm³/mol. The van der Waals surface area contributed by atoms with Crippen LogP contribution < -0.4 is 0 Å². The number of hydrogen-bond donors (Lipinski definition) is 1. The third kappa shape index (κ3) is 2.94. The number of nitrogens with zero attached hydrogens (tertiary/aromatic N) is 2. The average Bonchev–Trinajstić information content (AvgIpc) is 3.05. The van der Waals surface area contributed by atoms with E-state index in [-0.39, 0.29) is 35.7 Å². The zero-order valence-electron chi connectivity index (χ0n) is 17.0.